The van der Waals surface area contributed by atoms with Gasteiger partial charge in [-0.05, 0) is 30.9 Å². The van der Waals surface area contributed by atoms with Crippen LogP contribution in [0.3, 0.4) is 0 Å². The molecule has 3 nitrogen and oxygen atoms in total. The Labute approximate surface area is 123 Å². The Morgan fingerprint density at radius 1 is 1.28 bits per heavy atom. The SMILES string of the molecule is CC(C)CC[C@H](O)[C@H](N)c1ccc(Br)cc1O.Cl. The largest absolute Gasteiger partial charge is 0.508 e. The van der Waals surface area contributed by atoms with Gasteiger partial charge in [0.1, 0.15) is 5.75 Å². The number of hydrogen-bond donors (Lipinski definition) is 3. The molecule has 0 aliphatic carbocycles. The van der Waals surface area contributed by atoms with Crippen LogP contribution in [0.2, 0.25) is 0 Å². The molecule has 0 aliphatic heterocycles. The maximum atomic E-state index is 9.97. The van der Waals surface area contributed by atoms with E-state index >= 15 is 0 Å². The average Bonchev–Trinajstić information content (AvgIpc) is 2.25. The van der Waals surface area contributed by atoms with Gasteiger partial charge >= 0.3 is 0 Å². The third kappa shape index (κ3) is 5.14. The molecule has 0 spiro atoms. The number of benzene rings is 1. The Morgan fingerprint density at radius 3 is 2.39 bits per heavy atom. The predicted octanol–water partition coefficient (Wildman–Crippen LogP) is 3.37. The van der Waals surface area contributed by atoms with Gasteiger partial charge in [-0.3, -0.25) is 0 Å². The van der Waals surface area contributed by atoms with Gasteiger partial charge in [-0.1, -0.05) is 35.8 Å². The Balaban J connectivity index is 0.00000289. The van der Waals surface area contributed by atoms with E-state index in [1.165, 1.54) is 0 Å². The Hall–Kier alpha value is -0.290. The highest BCUT2D eigenvalue weighted by molar-refractivity contribution is 9.10. The first-order valence-electron chi connectivity index (χ1n) is 5.84. The van der Waals surface area contributed by atoms with Crippen molar-refractivity contribution in [3.63, 3.8) is 0 Å². The van der Waals surface area contributed by atoms with Crippen LogP contribution < -0.4 is 5.73 Å². The predicted molar refractivity (Wildman–Crippen MR) is 80.1 cm³/mol. The zero-order valence-electron chi connectivity index (χ0n) is 10.6. The molecule has 104 valence electrons. The second-order valence-corrected chi connectivity index (χ2v) is 5.68. The monoisotopic (exact) mass is 337 g/mol. The fourth-order valence-electron chi connectivity index (χ4n) is 1.69. The van der Waals surface area contributed by atoms with Crippen molar-refractivity contribution < 1.29 is 10.2 Å². The van der Waals surface area contributed by atoms with Crippen LogP contribution in [0.15, 0.2) is 22.7 Å². The molecule has 5 heteroatoms. The smallest absolute Gasteiger partial charge is 0.121 e. The van der Waals surface area contributed by atoms with E-state index in [0.717, 1.165) is 10.9 Å². The van der Waals surface area contributed by atoms with Crippen LogP contribution in [0.4, 0.5) is 0 Å². The number of rotatable bonds is 5. The fourth-order valence-corrected chi connectivity index (χ4v) is 2.04. The second-order valence-electron chi connectivity index (χ2n) is 4.77. The van der Waals surface area contributed by atoms with Gasteiger partial charge < -0.3 is 15.9 Å². The molecule has 18 heavy (non-hydrogen) atoms. The highest BCUT2D eigenvalue weighted by atomic mass is 79.9. The van der Waals surface area contributed by atoms with Crippen molar-refractivity contribution in [1.29, 1.82) is 0 Å². The number of phenolic OH excluding ortho intramolecular Hbond substituents is 1. The third-order valence-electron chi connectivity index (χ3n) is 2.81. The summed E-state index contributed by atoms with van der Waals surface area (Å²) in [6.07, 6.45) is 0.949. The zero-order valence-corrected chi connectivity index (χ0v) is 13.0. The molecule has 4 N–H and O–H groups in total. The summed E-state index contributed by atoms with van der Waals surface area (Å²) in [7, 11) is 0. The molecule has 0 aliphatic rings. The molecular formula is C13H21BrClNO2. The van der Waals surface area contributed by atoms with Crippen molar-refractivity contribution in [1.82, 2.24) is 0 Å². The van der Waals surface area contributed by atoms with E-state index in [2.05, 4.69) is 29.8 Å². The van der Waals surface area contributed by atoms with Gasteiger partial charge in [0.05, 0.1) is 12.1 Å². The van der Waals surface area contributed by atoms with Gasteiger partial charge in [-0.15, -0.1) is 12.4 Å². The minimum Gasteiger partial charge on any atom is -0.508 e. The highest BCUT2D eigenvalue weighted by Gasteiger charge is 2.19. The van der Waals surface area contributed by atoms with Crippen LogP contribution in [0.1, 0.15) is 38.3 Å². The van der Waals surface area contributed by atoms with Gasteiger partial charge in [0.25, 0.3) is 0 Å². The van der Waals surface area contributed by atoms with E-state index in [9.17, 15) is 10.2 Å². The van der Waals surface area contributed by atoms with Crippen molar-refractivity contribution in [3.8, 4) is 5.75 Å². The van der Waals surface area contributed by atoms with Gasteiger partial charge in [0.15, 0.2) is 0 Å². The van der Waals surface area contributed by atoms with E-state index in [0.29, 0.717) is 17.9 Å². The molecule has 0 saturated carbocycles. The molecule has 0 unspecified atom stereocenters. The Morgan fingerprint density at radius 2 is 1.89 bits per heavy atom. The summed E-state index contributed by atoms with van der Waals surface area (Å²) in [4.78, 5) is 0. The minimum absolute atomic E-state index is 0. The van der Waals surface area contributed by atoms with E-state index in [1.54, 1.807) is 12.1 Å². The zero-order chi connectivity index (χ0) is 13.0. The highest BCUT2D eigenvalue weighted by Crippen LogP contribution is 2.29. The number of aliphatic hydroxyl groups excluding tert-OH is 1. The van der Waals surface area contributed by atoms with Crippen LogP contribution in [0.25, 0.3) is 0 Å². The topological polar surface area (TPSA) is 66.5 Å². The lowest BCUT2D eigenvalue weighted by Gasteiger charge is -2.21. The normalized spacial score (nSPS) is 14.1. The minimum atomic E-state index is -0.621. The van der Waals surface area contributed by atoms with Gasteiger partial charge in [0, 0.05) is 10.0 Å². The first-order chi connectivity index (χ1) is 7.91. The van der Waals surface area contributed by atoms with Crippen LogP contribution in [0.5, 0.6) is 5.75 Å². The Kier molecular flexibility index (Phi) is 7.87. The number of aromatic hydroxyl groups is 1. The van der Waals surface area contributed by atoms with Gasteiger partial charge in [-0.25, -0.2) is 0 Å². The van der Waals surface area contributed by atoms with Crippen LogP contribution >= 0.6 is 28.3 Å². The fraction of sp³-hybridized carbons (Fsp3) is 0.538. The van der Waals surface area contributed by atoms with E-state index in [1.807, 2.05) is 6.07 Å². The molecule has 0 radical (unpaired) electrons. The van der Waals surface area contributed by atoms with Crippen LogP contribution in [0, 0.1) is 5.92 Å². The maximum absolute atomic E-state index is 9.97. The van der Waals surface area contributed by atoms with Crippen molar-refractivity contribution >= 4 is 28.3 Å². The van der Waals surface area contributed by atoms with E-state index in [4.69, 9.17) is 5.73 Å². The maximum Gasteiger partial charge on any atom is 0.121 e. The van der Waals surface area contributed by atoms with Crippen molar-refractivity contribution in [2.24, 2.45) is 11.7 Å². The number of hydrogen-bond acceptors (Lipinski definition) is 3. The average molecular weight is 339 g/mol. The standard InChI is InChI=1S/C13H20BrNO2.ClH/c1-8(2)3-6-11(16)13(15)10-5-4-9(14)7-12(10)17;/h4-5,7-8,11,13,16-17H,3,6,15H2,1-2H3;1H/t11-,13+;/m0./s1. The molecule has 0 heterocycles. The summed E-state index contributed by atoms with van der Waals surface area (Å²) >= 11 is 3.27. The van der Waals surface area contributed by atoms with Crippen LogP contribution in [-0.4, -0.2) is 16.3 Å². The lowest BCUT2D eigenvalue weighted by atomic mass is 9.95. The number of halogens is 2. The van der Waals surface area contributed by atoms with E-state index < -0.39 is 12.1 Å². The molecule has 0 bridgehead atoms. The molecule has 0 saturated heterocycles. The molecule has 0 aromatic heterocycles. The number of nitrogens with two attached hydrogens (primary N) is 1. The number of aliphatic hydroxyl groups is 1. The first kappa shape index (κ1) is 17.7. The Bertz CT molecular complexity index is 374. The molecule has 2 atom stereocenters. The lowest BCUT2D eigenvalue weighted by molar-refractivity contribution is 0.127. The molecule has 1 aromatic carbocycles. The van der Waals surface area contributed by atoms with Crippen molar-refractivity contribution in [2.45, 2.75) is 38.8 Å². The summed E-state index contributed by atoms with van der Waals surface area (Å²) in [5.74, 6) is 0.658. The number of phenols is 1. The molecule has 1 rings (SSSR count). The van der Waals surface area contributed by atoms with Crippen molar-refractivity contribution in [3.05, 3.63) is 28.2 Å². The first-order valence-corrected chi connectivity index (χ1v) is 6.63. The summed E-state index contributed by atoms with van der Waals surface area (Å²) in [6.45, 7) is 4.21. The van der Waals surface area contributed by atoms with Crippen molar-refractivity contribution in [2.75, 3.05) is 0 Å². The van der Waals surface area contributed by atoms with Gasteiger partial charge in [-0.2, -0.15) is 0 Å². The van der Waals surface area contributed by atoms with Crippen LogP contribution in [-0.2, 0) is 0 Å². The quantitative estimate of drug-likeness (QED) is 0.771. The summed E-state index contributed by atoms with van der Waals surface area (Å²) in [5, 5.41) is 19.7. The molecule has 0 amide bonds. The molecular weight excluding hydrogens is 318 g/mol. The second kappa shape index (κ2) is 8.00. The lowest BCUT2D eigenvalue weighted by Crippen LogP contribution is -2.26. The third-order valence-corrected chi connectivity index (χ3v) is 3.30. The van der Waals surface area contributed by atoms with Gasteiger partial charge in [0.2, 0.25) is 0 Å². The summed E-state index contributed by atoms with van der Waals surface area (Å²) in [5.41, 5.74) is 6.54. The summed E-state index contributed by atoms with van der Waals surface area (Å²) in [6, 6.07) is 4.60. The summed E-state index contributed by atoms with van der Waals surface area (Å²) < 4.78 is 0.794. The van der Waals surface area contributed by atoms with E-state index in [-0.39, 0.29) is 18.2 Å². The molecule has 1 aromatic rings. The molecule has 0 fully saturated rings.